The number of esters is 1. The molecule has 1 unspecified atom stereocenters. The van der Waals surface area contributed by atoms with E-state index in [1.807, 2.05) is 32.9 Å². The summed E-state index contributed by atoms with van der Waals surface area (Å²) in [6, 6.07) is 3.76. The van der Waals surface area contributed by atoms with Gasteiger partial charge in [0, 0.05) is 17.0 Å². The van der Waals surface area contributed by atoms with Crippen molar-refractivity contribution in [3.63, 3.8) is 0 Å². The highest BCUT2D eigenvalue weighted by Crippen LogP contribution is 2.23. The van der Waals surface area contributed by atoms with E-state index in [4.69, 9.17) is 9.26 Å². The summed E-state index contributed by atoms with van der Waals surface area (Å²) in [5.41, 5.74) is 2.59. The van der Waals surface area contributed by atoms with E-state index in [2.05, 4.69) is 15.1 Å². The van der Waals surface area contributed by atoms with Gasteiger partial charge in [-0.05, 0) is 39.3 Å². The van der Waals surface area contributed by atoms with E-state index in [9.17, 15) is 4.79 Å². The molecule has 0 aromatic carbocycles. The van der Waals surface area contributed by atoms with Crippen LogP contribution in [-0.4, -0.2) is 27.7 Å². The van der Waals surface area contributed by atoms with Gasteiger partial charge in [0.1, 0.15) is 5.92 Å². The Kier molecular flexibility index (Phi) is 4.67. The summed E-state index contributed by atoms with van der Waals surface area (Å²) in [7, 11) is 0. The van der Waals surface area contributed by atoms with Gasteiger partial charge < -0.3 is 9.26 Å². The van der Waals surface area contributed by atoms with Gasteiger partial charge in [-0.2, -0.15) is 4.98 Å². The Morgan fingerprint density at radius 1 is 1.24 bits per heavy atom. The third kappa shape index (κ3) is 3.45. The molecule has 21 heavy (non-hydrogen) atoms. The average molecular weight is 289 g/mol. The summed E-state index contributed by atoms with van der Waals surface area (Å²) in [5, 5.41) is 3.96. The number of aromatic nitrogens is 3. The zero-order valence-electron chi connectivity index (χ0n) is 12.7. The van der Waals surface area contributed by atoms with Crippen molar-refractivity contribution in [2.75, 3.05) is 6.61 Å². The lowest BCUT2D eigenvalue weighted by Gasteiger charge is -2.08. The van der Waals surface area contributed by atoms with Crippen molar-refractivity contribution in [3.8, 4) is 11.4 Å². The van der Waals surface area contributed by atoms with Gasteiger partial charge in [-0.15, -0.1) is 0 Å². The van der Waals surface area contributed by atoms with E-state index >= 15 is 0 Å². The predicted molar refractivity (Wildman–Crippen MR) is 76.7 cm³/mol. The molecule has 0 saturated heterocycles. The number of carbonyl (C=O) groups is 1. The maximum Gasteiger partial charge on any atom is 0.318 e. The molecule has 0 fully saturated rings. The van der Waals surface area contributed by atoms with Gasteiger partial charge >= 0.3 is 5.97 Å². The third-order valence-corrected chi connectivity index (χ3v) is 3.06. The Hall–Kier alpha value is -2.24. The highest BCUT2D eigenvalue weighted by Gasteiger charge is 2.26. The number of aryl methyl sites for hydroxylation is 2. The van der Waals surface area contributed by atoms with Gasteiger partial charge in [0.2, 0.25) is 11.7 Å². The number of ether oxygens (including phenoxy) is 1. The largest absolute Gasteiger partial charge is 0.465 e. The molecule has 2 rings (SSSR count). The summed E-state index contributed by atoms with van der Waals surface area (Å²) in [6.07, 6.45) is 0.550. The van der Waals surface area contributed by atoms with Gasteiger partial charge in [0.05, 0.1) is 6.61 Å². The summed E-state index contributed by atoms with van der Waals surface area (Å²) < 4.78 is 10.3. The first kappa shape index (κ1) is 15.2. The van der Waals surface area contributed by atoms with E-state index in [-0.39, 0.29) is 11.9 Å². The van der Waals surface area contributed by atoms with E-state index in [1.54, 1.807) is 6.92 Å². The summed E-state index contributed by atoms with van der Waals surface area (Å²) >= 11 is 0. The van der Waals surface area contributed by atoms with Gasteiger partial charge in [-0.25, -0.2) is 0 Å². The zero-order chi connectivity index (χ0) is 15.4. The van der Waals surface area contributed by atoms with Crippen LogP contribution < -0.4 is 0 Å². The lowest BCUT2D eigenvalue weighted by Crippen LogP contribution is -2.15. The monoisotopic (exact) mass is 289 g/mol. The molecule has 0 radical (unpaired) electrons. The highest BCUT2D eigenvalue weighted by molar-refractivity contribution is 5.76. The summed E-state index contributed by atoms with van der Waals surface area (Å²) in [5.74, 6) is -0.105. The first-order valence-corrected chi connectivity index (χ1v) is 7.01. The van der Waals surface area contributed by atoms with Crippen LogP contribution in [0.4, 0.5) is 0 Å². The highest BCUT2D eigenvalue weighted by atomic mass is 16.5. The van der Waals surface area contributed by atoms with Gasteiger partial charge in [0.15, 0.2) is 0 Å². The van der Waals surface area contributed by atoms with E-state index < -0.39 is 5.92 Å². The van der Waals surface area contributed by atoms with Crippen molar-refractivity contribution in [2.45, 2.75) is 40.0 Å². The predicted octanol–water partition coefficient (Wildman–Crippen LogP) is 2.81. The normalized spacial score (nSPS) is 12.2. The summed E-state index contributed by atoms with van der Waals surface area (Å²) in [6.45, 7) is 7.80. The molecule has 0 aliphatic heterocycles. The standard InChI is InChI=1S/C15H19N3O3/c1-5-12(15(19)20-6-2)14-17-13(18-21-14)11-7-9(3)16-10(4)8-11/h7-8,12H,5-6H2,1-4H3. The Morgan fingerprint density at radius 3 is 2.48 bits per heavy atom. The van der Waals surface area contributed by atoms with Gasteiger partial charge in [0.25, 0.3) is 0 Å². The Bertz CT molecular complexity index is 617. The van der Waals surface area contributed by atoms with E-state index in [1.165, 1.54) is 0 Å². The molecule has 112 valence electrons. The van der Waals surface area contributed by atoms with Crippen LogP contribution in [-0.2, 0) is 9.53 Å². The molecule has 0 bridgehead atoms. The van der Waals surface area contributed by atoms with Crippen molar-refractivity contribution in [3.05, 3.63) is 29.4 Å². The van der Waals surface area contributed by atoms with Crippen molar-refractivity contribution in [1.29, 1.82) is 0 Å². The molecule has 0 aliphatic carbocycles. The molecule has 2 heterocycles. The molecule has 1 atom stereocenters. The maximum atomic E-state index is 11.9. The first-order chi connectivity index (χ1) is 10.0. The van der Waals surface area contributed by atoms with Gasteiger partial charge in [-0.3, -0.25) is 9.78 Å². The lowest BCUT2D eigenvalue weighted by atomic mass is 10.1. The van der Waals surface area contributed by atoms with E-state index in [0.717, 1.165) is 17.0 Å². The maximum absolute atomic E-state index is 11.9. The van der Waals surface area contributed by atoms with Crippen LogP contribution in [0.1, 0.15) is 43.5 Å². The molecule has 0 N–H and O–H groups in total. The molecule has 6 nitrogen and oxygen atoms in total. The second kappa shape index (κ2) is 6.47. The molecule has 0 spiro atoms. The van der Waals surface area contributed by atoms with Crippen molar-refractivity contribution in [1.82, 2.24) is 15.1 Å². The zero-order valence-corrected chi connectivity index (χ0v) is 12.7. The van der Waals surface area contributed by atoms with Crippen LogP contribution >= 0.6 is 0 Å². The Labute approximate surface area is 123 Å². The number of pyridine rings is 1. The molecule has 0 aliphatic rings. The van der Waals surface area contributed by atoms with Crippen molar-refractivity contribution < 1.29 is 14.1 Å². The lowest BCUT2D eigenvalue weighted by molar-refractivity contribution is -0.145. The van der Waals surface area contributed by atoms with Crippen LogP contribution in [0, 0.1) is 13.8 Å². The fourth-order valence-electron chi connectivity index (χ4n) is 2.14. The molecular weight excluding hydrogens is 270 g/mol. The number of carbonyl (C=O) groups excluding carboxylic acids is 1. The number of rotatable bonds is 5. The number of hydrogen-bond acceptors (Lipinski definition) is 6. The Balaban J connectivity index is 2.30. The number of nitrogens with zero attached hydrogens (tertiary/aromatic N) is 3. The van der Waals surface area contributed by atoms with E-state index in [0.29, 0.717) is 18.9 Å². The minimum Gasteiger partial charge on any atom is -0.465 e. The topological polar surface area (TPSA) is 78.1 Å². The van der Waals surface area contributed by atoms with Gasteiger partial charge in [-0.1, -0.05) is 12.1 Å². The molecular formula is C15H19N3O3. The molecule has 0 amide bonds. The quantitative estimate of drug-likeness (QED) is 0.788. The smallest absolute Gasteiger partial charge is 0.318 e. The van der Waals surface area contributed by atoms with Crippen molar-refractivity contribution >= 4 is 5.97 Å². The first-order valence-electron chi connectivity index (χ1n) is 7.01. The minimum absolute atomic E-state index is 0.290. The molecule has 2 aromatic heterocycles. The fourth-order valence-corrected chi connectivity index (χ4v) is 2.14. The van der Waals surface area contributed by atoms with Crippen LogP contribution in [0.5, 0.6) is 0 Å². The van der Waals surface area contributed by atoms with Crippen LogP contribution in [0.3, 0.4) is 0 Å². The second-order valence-electron chi connectivity index (χ2n) is 4.81. The molecule has 6 heteroatoms. The third-order valence-electron chi connectivity index (χ3n) is 3.06. The minimum atomic E-state index is -0.518. The molecule has 0 saturated carbocycles. The van der Waals surface area contributed by atoms with Crippen LogP contribution in [0.15, 0.2) is 16.7 Å². The molecule has 2 aromatic rings. The van der Waals surface area contributed by atoms with Crippen molar-refractivity contribution in [2.24, 2.45) is 0 Å². The SMILES string of the molecule is CCOC(=O)C(CC)c1nc(-c2cc(C)nc(C)c2)no1. The van der Waals surface area contributed by atoms with Crippen LogP contribution in [0.25, 0.3) is 11.4 Å². The fraction of sp³-hybridized carbons (Fsp3) is 0.467. The average Bonchev–Trinajstić information content (AvgIpc) is 2.88. The summed E-state index contributed by atoms with van der Waals surface area (Å²) in [4.78, 5) is 20.5. The Morgan fingerprint density at radius 2 is 1.90 bits per heavy atom. The van der Waals surface area contributed by atoms with Crippen LogP contribution in [0.2, 0.25) is 0 Å². The number of hydrogen-bond donors (Lipinski definition) is 0. The second-order valence-corrected chi connectivity index (χ2v) is 4.81.